The normalized spacial score (nSPS) is 21.3. The number of pyridine rings is 1. The molecule has 0 amide bonds. The molecule has 0 bridgehead atoms. The summed E-state index contributed by atoms with van der Waals surface area (Å²) < 4.78 is 11.7. The maximum absolute atomic E-state index is 6.41. The molecule has 0 N–H and O–H groups in total. The van der Waals surface area contributed by atoms with E-state index in [0.717, 1.165) is 36.8 Å². The van der Waals surface area contributed by atoms with Crippen LogP contribution in [-0.2, 0) is 16.9 Å². The summed E-state index contributed by atoms with van der Waals surface area (Å²) in [6.45, 7) is 3.13. The third-order valence-electron chi connectivity index (χ3n) is 5.82. The fourth-order valence-corrected chi connectivity index (χ4v) is 4.07. The first kappa shape index (κ1) is 16.5. The molecular formula is C21H24N4O2. The molecular weight excluding hydrogens is 340 g/mol. The average Bonchev–Trinajstić information content (AvgIpc) is 3.42. The molecule has 140 valence electrons. The van der Waals surface area contributed by atoms with Crippen LogP contribution in [0.5, 0.6) is 0 Å². The molecule has 3 heterocycles. The molecule has 5 rings (SSSR count). The second kappa shape index (κ2) is 6.51. The lowest BCUT2D eigenvalue weighted by atomic mass is 9.74. The number of aromatic nitrogens is 3. The quantitative estimate of drug-likeness (QED) is 0.775. The summed E-state index contributed by atoms with van der Waals surface area (Å²) in [6.07, 6.45) is 12.0. The number of nitrogens with zero attached hydrogens (tertiary/aromatic N) is 4. The van der Waals surface area contributed by atoms with Gasteiger partial charge in [-0.2, -0.15) is 4.98 Å². The number of hydrogen-bond acceptors (Lipinski definition) is 6. The molecule has 0 saturated heterocycles. The van der Waals surface area contributed by atoms with Crippen LogP contribution in [0, 0.1) is 12.8 Å². The van der Waals surface area contributed by atoms with Crippen molar-refractivity contribution in [3.8, 4) is 0 Å². The van der Waals surface area contributed by atoms with Crippen molar-refractivity contribution in [3.63, 3.8) is 0 Å². The van der Waals surface area contributed by atoms with Crippen molar-refractivity contribution in [3.05, 3.63) is 65.4 Å². The molecule has 0 atom stereocenters. The molecule has 27 heavy (non-hydrogen) atoms. The molecule has 6 nitrogen and oxygen atoms in total. The molecule has 0 unspecified atom stereocenters. The van der Waals surface area contributed by atoms with E-state index in [2.05, 4.69) is 32.2 Å². The fourth-order valence-electron chi connectivity index (χ4n) is 4.07. The molecule has 2 aromatic heterocycles. The number of allylic oxidation sites excluding steroid dienone is 2. The van der Waals surface area contributed by atoms with Gasteiger partial charge in [0.05, 0.1) is 5.69 Å². The Morgan fingerprint density at radius 1 is 1.30 bits per heavy atom. The van der Waals surface area contributed by atoms with E-state index in [9.17, 15) is 0 Å². The predicted molar refractivity (Wildman–Crippen MR) is 99.2 cm³/mol. The van der Waals surface area contributed by atoms with Gasteiger partial charge in [-0.3, -0.25) is 4.98 Å². The van der Waals surface area contributed by atoms with E-state index in [1.165, 1.54) is 24.8 Å². The highest BCUT2D eigenvalue weighted by atomic mass is 16.5. The highest BCUT2D eigenvalue weighted by Crippen LogP contribution is 2.50. The molecule has 2 aliphatic carbocycles. The van der Waals surface area contributed by atoms with Gasteiger partial charge >= 0.3 is 0 Å². The summed E-state index contributed by atoms with van der Waals surface area (Å²) in [5.74, 6) is 2.99. The lowest BCUT2D eigenvalue weighted by Crippen LogP contribution is -2.52. The zero-order chi connectivity index (χ0) is 18.3. The van der Waals surface area contributed by atoms with Crippen molar-refractivity contribution >= 4 is 0 Å². The standard InChI is InChI=1S/C21H24N4O2/c1-15-23-20(24-27-15)21(10-5-11-21)25-13-4-7-18(16-8-9-16)19(25)26-14-17-6-2-3-12-22-17/h2-4,6-7,12,16H,5,8-11,13-14H2,1H3. The Morgan fingerprint density at radius 3 is 2.81 bits per heavy atom. The van der Waals surface area contributed by atoms with Crippen molar-refractivity contribution in [2.24, 2.45) is 5.92 Å². The lowest BCUT2D eigenvalue weighted by molar-refractivity contribution is -0.0258. The van der Waals surface area contributed by atoms with Crippen LogP contribution in [0.2, 0.25) is 0 Å². The molecule has 2 aromatic rings. The van der Waals surface area contributed by atoms with Crippen molar-refractivity contribution < 1.29 is 9.26 Å². The van der Waals surface area contributed by atoms with E-state index in [0.29, 0.717) is 18.4 Å². The predicted octanol–water partition coefficient (Wildman–Crippen LogP) is 3.86. The van der Waals surface area contributed by atoms with Crippen LogP contribution in [0.25, 0.3) is 0 Å². The largest absolute Gasteiger partial charge is 0.472 e. The summed E-state index contributed by atoms with van der Waals surface area (Å²) in [5, 5.41) is 4.28. The Bertz CT molecular complexity index is 879. The van der Waals surface area contributed by atoms with Gasteiger partial charge in [-0.1, -0.05) is 23.4 Å². The topological polar surface area (TPSA) is 64.3 Å². The number of hydrogen-bond donors (Lipinski definition) is 0. The zero-order valence-electron chi connectivity index (χ0n) is 15.6. The summed E-state index contributed by atoms with van der Waals surface area (Å²) in [5.41, 5.74) is 2.03. The van der Waals surface area contributed by atoms with Crippen molar-refractivity contribution in [2.75, 3.05) is 6.54 Å². The maximum atomic E-state index is 6.41. The number of ether oxygens (including phenoxy) is 1. The van der Waals surface area contributed by atoms with E-state index >= 15 is 0 Å². The van der Waals surface area contributed by atoms with Gasteiger partial charge in [0.25, 0.3) is 0 Å². The smallest absolute Gasteiger partial charge is 0.223 e. The minimum absolute atomic E-state index is 0.220. The van der Waals surface area contributed by atoms with E-state index in [1.54, 1.807) is 0 Å². The molecule has 2 fully saturated rings. The van der Waals surface area contributed by atoms with E-state index in [4.69, 9.17) is 9.26 Å². The van der Waals surface area contributed by atoms with Crippen LogP contribution in [-0.4, -0.2) is 26.6 Å². The van der Waals surface area contributed by atoms with Gasteiger partial charge in [0.15, 0.2) is 11.7 Å². The zero-order valence-corrected chi connectivity index (χ0v) is 15.6. The van der Waals surface area contributed by atoms with Crippen LogP contribution < -0.4 is 0 Å². The van der Waals surface area contributed by atoms with Crippen LogP contribution in [0.1, 0.15) is 49.5 Å². The summed E-state index contributed by atoms with van der Waals surface area (Å²) in [7, 11) is 0. The first-order valence-electron chi connectivity index (χ1n) is 9.78. The van der Waals surface area contributed by atoms with Gasteiger partial charge in [0.2, 0.25) is 5.89 Å². The highest BCUT2D eigenvalue weighted by Gasteiger charge is 2.50. The molecule has 0 spiro atoms. The van der Waals surface area contributed by atoms with E-state index in [1.807, 2.05) is 31.3 Å². The molecule has 0 aromatic carbocycles. The maximum Gasteiger partial charge on any atom is 0.223 e. The fraction of sp³-hybridized carbons (Fsp3) is 0.476. The minimum Gasteiger partial charge on any atom is -0.472 e. The Labute approximate surface area is 158 Å². The minimum atomic E-state index is -0.220. The van der Waals surface area contributed by atoms with Gasteiger partial charge in [0.1, 0.15) is 12.1 Å². The molecule has 2 saturated carbocycles. The third-order valence-corrected chi connectivity index (χ3v) is 5.82. The first-order valence-corrected chi connectivity index (χ1v) is 9.78. The average molecular weight is 364 g/mol. The third kappa shape index (κ3) is 2.93. The Hall–Kier alpha value is -2.63. The van der Waals surface area contributed by atoms with Gasteiger partial charge < -0.3 is 14.2 Å². The van der Waals surface area contributed by atoms with Gasteiger partial charge in [0, 0.05) is 25.2 Å². The lowest BCUT2D eigenvalue weighted by Gasteiger charge is -2.50. The van der Waals surface area contributed by atoms with Crippen LogP contribution in [0.3, 0.4) is 0 Å². The SMILES string of the molecule is Cc1nc(C2(N3CC=CC(C4CC4)=C3OCc3ccccn3)CCC2)no1. The highest BCUT2D eigenvalue weighted by molar-refractivity contribution is 5.34. The van der Waals surface area contributed by atoms with Crippen LogP contribution in [0.15, 0.2) is 52.5 Å². The van der Waals surface area contributed by atoms with Crippen molar-refractivity contribution in [2.45, 2.75) is 51.2 Å². The van der Waals surface area contributed by atoms with Crippen molar-refractivity contribution in [1.29, 1.82) is 0 Å². The molecule has 1 aliphatic heterocycles. The van der Waals surface area contributed by atoms with Gasteiger partial charge in [-0.15, -0.1) is 0 Å². The van der Waals surface area contributed by atoms with Crippen LogP contribution in [0.4, 0.5) is 0 Å². The van der Waals surface area contributed by atoms with Crippen molar-refractivity contribution in [1.82, 2.24) is 20.0 Å². The second-order valence-corrected chi connectivity index (χ2v) is 7.68. The number of rotatable bonds is 6. The molecule has 3 aliphatic rings. The molecule has 0 radical (unpaired) electrons. The van der Waals surface area contributed by atoms with E-state index in [-0.39, 0.29) is 5.54 Å². The monoisotopic (exact) mass is 364 g/mol. The van der Waals surface area contributed by atoms with Gasteiger partial charge in [-0.05, 0) is 50.2 Å². The van der Waals surface area contributed by atoms with Crippen LogP contribution >= 0.6 is 0 Å². The van der Waals surface area contributed by atoms with E-state index < -0.39 is 0 Å². The Morgan fingerprint density at radius 2 is 2.19 bits per heavy atom. The Kier molecular flexibility index (Phi) is 3.99. The summed E-state index contributed by atoms with van der Waals surface area (Å²) in [6, 6.07) is 5.92. The molecule has 6 heteroatoms. The Balaban J connectivity index is 1.49. The summed E-state index contributed by atoms with van der Waals surface area (Å²) >= 11 is 0. The van der Waals surface area contributed by atoms with Gasteiger partial charge in [-0.25, -0.2) is 0 Å². The first-order chi connectivity index (χ1) is 13.3. The second-order valence-electron chi connectivity index (χ2n) is 7.68. The summed E-state index contributed by atoms with van der Waals surface area (Å²) in [4.78, 5) is 11.4. The number of aryl methyl sites for hydroxylation is 1.